The van der Waals surface area contributed by atoms with Crippen LogP contribution in [-0.2, 0) is 14.7 Å². The van der Waals surface area contributed by atoms with E-state index in [0.717, 1.165) is 18.2 Å². The molecule has 0 saturated carbocycles. The lowest BCUT2D eigenvalue weighted by Gasteiger charge is -2.16. The van der Waals surface area contributed by atoms with Crippen LogP contribution in [-0.4, -0.2) is 28.5 Å². The van der Waals surface area contributed by atoms with Gasteiger partial charge in [0, 0.05) is 5.56 Å². The summed E-state index contributed by atoms with van der Waals surface area (Å²) in [5, 5.41) is -0.996. The van der Waals surface area contributed by atoms with Crippen LogP contribution in [0.15, 0.2) is 77.7 Å². The lowest BCUT2D eigenvalue weighted by atomic mass is 10.0. The number of ketones is 1. The second kappa shape index (κ2) is 7.90. The Morgan fingerprint density at radius 1 is 0.828 bits per heavy atom. The van der Waals surface area contributed by atoms with Gasteiger partial charge in [-0.2, -0.15) is 8.42 Å². The first-order chi connectivity index (χ1) is 13.6. The Labute approximate surface area is 166 Å². The van der Waals surface area contributed by atoms with Gasteiger partial charge in [-0.15, -0.1) is 0 Å². The second-order valence-electron chi connectivity index (χ2n) is 5.92. The molecule has 0 heterocycles. The number of ether oxygens (including phenoxy) is 1. The minimum Gasteiger partial charge on any atom is -0.456 e. The quantitative estimate of drug-likeness (QED) is 0.306. The Hall–Kier alpha value is -2.81. The Morgan fingerprint density at radius 2 is 1.41 bits per heavy atom. The van der Waals surface area contributed by atoms with Crippen molar-refractivity contribution >= 4 is 28.8 Å². The van der Waals surface area contributed by atoms with E-state index in [4.69, 9.17) is 4.74 Å². The molecule has 0 aliphatic rings. The minimum atomic E-state index is -5.17. The molecule has 0 spiro atoms. The molecule has 3 aromatic rings. The van der Waals surface area contributed by atoms with Crippen molar-refractivity contribution < 1.29 is 36.9 Å². The summed E-state index contributed by atoms with van der Waals surface area (Å²) in [6.07, 6.45) is 0. The lowest BCUT2D eigenvalue weighted by molar-refractivity contribution is 0.103. The highest BCUT2D eigenvalue weighted by Crippen LogP contribution is 2.41. The van der Waals surface area contributed by atoms with Crippen molar-refractivity contribution in [3.63, 3.8) is 0 Å². The van der Waals surface area contributed by atoms with Gasteiger partial charge in [-0.3, -0.25) is 13.9 Å². The Balaban J connectivity index is 2.14. The van der Waals surface area contributed by atoms with Gasteiger partial charge >= 0.3 is 7.60 Å². The van der Waals surface area contributed by atoms with Gasteiger partial charge in [-0.1, -0.05) is 48.5 Å². The summed E-state index contributed by atoms with van der Waals surface area (Å²) in [6, 6.07) is 17.4. The molecule has 0 aliphatic carbocycles. The van der Waals surface area contributed by atoms with Crippen LogP contribution in [0, 0.1) is 0 Å². The van der Waals surface area contributed by atoms with Gasteiger partial charge in [0.15, 0.2) is 5.78 Å². The zero-order chi connectivity index (χ0) is 21.2. The van der Waals surface area contributed by atoms with E-state index in [2.05, 4.69) is 0 Å². The molecule has 0 bridgehead atoms. The van der Waals surface area contributed by atoms with Gasteiger partial charge in [0.2, 0.25) is 0 Å². The topological polar surface area (TPSA) is 138 Å². The normalized spacial score (nSPS) is 11.8. The number of carbonyl (C=O) groups is 1. The van der Waals surface area contributed by atoms with Crippen molar-refractivity contribution in [2.45, 2.75) is 4.90 Å². The third-order valence-corrected chi connectivity index (χ3v) is 6.01. The predicted molar refractivity (Wildman–Crippen MR) is 104 cm³/mol. The fraction of sp³-hybridized carbons (Fsp3) is 0. The molecule has 8 nitrogen and oxygen atoms in total. The molecule has 29 heavy (non-hydrogen) atoms. The molecule has 0 amide bonds. The van der Waals surface area contributed by atoms with E-state index in [-0.39, 0.29) is 11.3 Å². The maximum atomic E-state index is 12.8. The molecule has 150 valence electrons. The van der Waals surface area contributed by atoms with Crippen molar-refractivity contribution in [2.24, 2.45) is 0 Å². The van der Waals surface area contributed by atoms with E-state index in [9.17, 15) is 32.1 Å². The second-order valence-corrected chi connectivity index (χ2v) is 8.84. The highest BCUT2D eigenvalue weighted by molar-refractivity contribution is 7.86. The number of hydrogen-bond donors (Lipinski definition) is 3. The number of rotatable bonds is 6. The summed E-state index contributed by atoms with van der Waals surface area (Å²) >= 11 is 0. The highest BCUT2D eigenvalue weighted by Gasteiger charge is 2.32. The van der Waals surface area contributed by atoms with E-state index < -0.39 is 39.4 Å². The van der Waals surface area contributed by atoms with Crippen molar-refractivity contribution in [3.05, 3.63) is 83.9 Å². The molecule has 0 aliphatic heterocycles. The van der Waals surface area contributed by atoms with Gasteiger partial charge in [-0.05, 0) is 24.3 Å². The molecule has 3 rings (SSSR count). The minimum absolute atomic E-state index is 0.0384. The average Bonchev–Trinajstić information content (AvgIpc) is 2.67. The van der Waals surface area contributed by atoms with Crippen LogP contribution < -0.4 is 10.0 Å². The largest absolute Gasteiger partial charge is 0.456 e. The van der Waals surface area contributed by atoms with Crippen molar-refractivity contribution in [1.29, 1.82) is 0 Å². The van der Waals surface area contributed by atoms with E-state index in [0.29, 0.717) is 5.56 Å². The molecule has 0 fully saturated rings. The molecule has 0 radical (unpaired) electrons. The highest BCUT2D eigenvalue weighted by atomic mass is 32.2. The SMILES string of the molecule is O=C(c1ccccc1)c1ccccc1Oc1cccc(S(=O)(=O)O)c1P(=O)(O)O. The lowest BCUT2D eigenvalue weighted by Crippen LogP contribution is -2.18. The van der Waals surface area contributed by atoms with Gasteiger partial charge < -0.3 is 14.5 Å². The summed E-state index contributed by atoms with van der Waals surface area (Å²) in [5.74, 6) is -0.935. The summed E-state index contributed by atoms with van der Waals surface area (Å²) in [5.41, 5.74) is 0.470. The van der Waals surface area contributed by atoms with Gasteiger partial charge in [-0.25, -0.2) is 0 Å². The van der Waals surface area contributed by atoms with Crippen LogP contribution in [0.3, 0.4) is 0 Å². The molecular formula is C19H15O8PS. The average molecular weight is 434 g/mol. The fourth-order valence-electron chi connectivity index (χ4n) is 2.69. The summed E-state index contributed by atoms with van der Waals surface area (Å²) in [6.45, 7) is 0. The number of carbonyl (C=O) groups excluding carboxylic acids is 1. The first-order valence-corrected chi connectivity index (χ1v) is 11.2. The third-order valence-electron chi connectivity index (χ3n) is 3.92. The van der Waals surface area contributed by atoms with Gasteiger partial charge in [0.05, 0.1) is 5.56 Å². The van der Waals surface area contributed by atoms with Gasteiger partial charge in [0.25, 0.3) is 10.1 Å². The van der Waals surface area contributed by atoms with Crippen molar-refractivity contribution in [1.82, 2.24) is 0 Å². The van der Waals surface area contributed by atoms with Crippen LogP contribution in [0.5, 0.6) is 11.5 Å². The van der Waals surface area contributed by atoms with Crippen molar-refractivity contribution in [3.8, 4) is 11.5 Å². The standard InChI is InChI=1S/C19H15O8PS/c20-18(13-7-2-1-3-8-13)14-9-4-5-10-15(14)27-16-11-6-12-17(29(24,25)26)19(16)28(21,22)23/h1-12H,(H2,21,22,23)(H,24,25,26). The number of hydrogen-bond acceptors (Lipinski definition) is 5. The molecule has 3 N–H and O–H groups in total. The molecule has 0 aromatic heterocycles. The molecule has 0 atom stereocenters. The van der Waals surface area contributed by atoms with Crippen LogP contribution in [0.4, 0.5) is 0 Å². The van der Waals surface area contributed by atoms with Crippen molar-refractivity contribution in [2.75, 3.05) is 0 Å². The Morgan fingerprint density at radius 3 is 2.03 bits per heavy atom. The molecule has 0 unspecified atom stereocenters. The van der Waals surface area contributed by atoms with Crippen LogP contribution in [0.2, 0.25) is 0 Å². The van der Waals surface area contributed by atoms with E-state index in [1.54, 1.807) is 42.5 Å². The number of benzene rings is 3. The summed E-state index contributed by atoms with van der Waals surface area (Å²) in [7, 11) is -10.1. The van der Waals surface area contributed by atoms with Crippen LogP contribution in [0.25, 0.3) is 0 Å². The van der Waals surface area contributed by atoms with E-state index in [1.165, 1.54) is 12.1 Å². The zero-order valence-corrected chi connectivity index (χ0v) is 16.4. The fourth-order valence-corrected chi connectivity index (χ4v) is 4.75. The zero-order valence-electron chi connectivity index (χ0n) is 14.7. The first-order valence-electron chi connectivity index (χ1n) is 8.12. The summed E-state index contributed by atoms with van der Waals surface area (Å²) < 4.78 is 50.0. The van der Waals surface area contributed by atoms with Crippen LogP contribution in [0.1, 0.15) is 15.9 Å². The van der Waals surface area contributed by atoms with Gasteiger partial charge in [0.1, 0.15) is 21.7 Å². The molecule has 0 saturated heterocycles. The molecular weight excluding hydrogens is 419 g/mol. The third kappa shape index (κ3) is 4.61. The molecule has 10 heteroatoms. The van der Waals surface area contributed by atoms with Crippen LogP contribution >= 0.6 is 7.60 Å². The molecule has 3 aromatic carbocycles. The number of para-hydroxylation sites is 1. The Kier molecular flexibility index (Phi) is 5.70. The van der Waals surface area contributed by atoms with E-state index in [1.807, 2.05) is 0 Å². The van der Waals surface area contributed by atoms with E-state index >= 15 is 0 Å². The monoisotopic (exact) mass is 434 g/mol. The maximum Gasteiger partial charge on any atom is 0.361 e. The Bertz CT molecular complexity index is 1220. The summed E-state index contributed by atoms with van der Waals surface area (Å²) in [4.78, 5) is 31.1. The maximum absolute atomic E-state index is 12.8. The predicted octanol–water partition coefficient (Wildman–Crippen LogP) is 2.76. The smallest absolute Gasteiger partial charge is 0.361 e. The first kappa shape index (κ1) is 20.9.